The first-order valence-electron chi connectivity index (χ1n) is 5.87. The highest BCUT2D eigenvalue weighted by Gasteiger charge is 2.30. The zero-order chi connectivity index (χ0) is 12.6. The molecule has 1 unspecified atom stereocenters. The molecule has 2 rings (SSSR count). The number of nitrogens with zero attached hydrogens (tertiary/aromatic N) is 1. The van der Waals surface area contributed by atoms with Crippen molar-refractivity contribution in [2.75, 3.05) is 11.4 Å². The first-order chi connectivity index (χ1) is 8.02. The van der Waals surface area contributed by atoms with Gasteiger partial charge in [-0.15, -0.1) is 12.3 Å². The van der Waals surface area contributed by atoms with E-state index >= 15 is 0 Å². The summed E-state index contributed by atoms with van der Waals surface area (Å²) in [6, 6.07) is 4.22. The van der Waals surface area contributed by atoms with Gasteiger partial charge in [0.15, 0.2) is 0 Å². The fraction of sp³-hybridized carbons (Fsp3) is 0.400. The van der Waals surface area contributed by atoms with Crippen LogP contribution in [0.2, 0.25) is 0 Å². The molecule has 1 saturated heterocycles. The summed E-state index contributed by atoms with van der Waals surface area (Å²) in [4.78, 5) is 13.8. The molecule has 0 spiro atoms. The van der Waals surface area contributed by atoms with Crippen LogP contribution in [0.4, 0.5) is 5.69 Å². The number of carbonyl (C=O) groups excluding carboxylic acids is 1. The van der Waals surface area contributed by atoms with Crippen LogP contribution >= 0.6 is 0 Å². The number of amides is 1. The lowest BCUT2D eigenvalue weighted by Gasteiger charge is -2.21. The van der Waals surface area contributed by atoms with Crippen molar-refractivity contribution in [1.82, 2.24) is 0 Å². The summed E-state index contributed by atoms with van der Waals surface area (Å²) < 4.78 is 0. The molecule has 1 aliphatic heterocycles. The molecule has 0 aliphatic carbocycles. The van der Waals surface area contributed by atoms with Gasteiger partial charge in [-0.2, -0.15) is 0 Å². The zero-order valence-electron chi connectivity index (χ0n) is 10.6. The number of carbonyl (C=O) groups is 1. The van der Waals surface area contributed by atoms with Crippen molar-refractivity contribution in [2.45, 2.75) is 27.2 Å². The molecule has 88 valence electrons. The molecule has 2 nitrogen and oxygen atoms in total. The maximum atomic E-state index is 12.0. The van der Waals surface area contributed by atoms with Crippen molar-refractivity contribution in [1.29, 1.82) is 0 Å². The number of anilines is 1. The standard InChI is InChI=1S/C15H17NO/c1-5-13-8-14(17)16(9-13)15-11(3)6-10(2)7-12(15)4/h1,6-7,13H,8-9H2,2-4H3. The maximum Gasteiger partial charge on any atom is 0.228 e. The molecule has 1 heterocycles. The van der Waals surface area contributed by atoms with Crippen LogP contribution in [-0.2, 0) is 4.79 Å². The van der Waals surface area contributed by atoms with E-state index in [1.54, 1.807) is 0 Å². The van der Waals surface area contributed by atoms with Gasteiger partial charge >= 0.3 is 0 Å². The second-order valence-electron chi connectivity index (χ2n) is 4.82. The van der Waals surface area contributed by atoms with Crippen molar-refractivity contribution >= 4 is 11.6 Å². The van der Waals surface area contributed by atoms with Crippen molar-refractivity contribution in [3.05, 3.63) is 28.8 Å². The molecule has 17 heavy (non-hydrogen) atoms. The summed E-state index contributed by atoms with van der Waals surface area (Å²) >= 11 is 0. The maximum absolute atomic E-state index is 12.0. The lowest BCUT2D eigenvalue weighted by Crippen LogP contribution is -2.26. The minimum Gasteiger partial charge on any atom is -0.311 e. The highest BCUT2D eigenvalue weighted by Crippen LogP contribution is 2.31. The molecule has 0 saturated carbocycles. The minimum absolute atomic E-state index is 0.0580. The Balaban J connectivity index is 2.42. The average Bonchev–Trinajstić information content (AvgIpc) is 2.59. The molecule has 1 aromatic rings. The Kier molecular flexibility index (Phi) is 2.93. The van der Waals surface area contributed by atoms with Gasteiger partial charge in [-0.1, -0.05) is 17.7 Å². The Hall–Kier alpha value is -1.75. The predicted molar refractivity (Wildman–Crippen MR) is 69.9 cm³/mol. The summed E-state index contributed by atoms with van der Waals surface area (Å²) in [6.45, 7) is 6.82. The van der Waals surface area contributed by atoms with Crippen molar-refractivity contribution in [3.8, 4) is 12.3 Å². The highest BCUT2D eigenvalue weighted by atomic mass is 16.2. The molecule has 0 radical (unpaired) electrons. The van der Waals surface area contributed by atoms with Crippen molar-refractivity contribution in [2.24, 2.45) is 5.92 Å². The molecule has 0 N–H and O–H groups in total. The van der Waals surface area contributed by atoms with E-state index in [2.05, 4.69) is 25.0 Å². The van der Waals surface area contributed by atoms with Gasteiger partial charge in [-0.25, -0.2) is 0 Å². The van der Waals surface area contributed by atoms with E-state index in [9.17, 15) is 4.79 Å². The van der Waals surface area contributed by atoms with Gasteiger partial charge in [0.05, 0.1) is 0 Å². The van der Waals surface area contributed by atoms with E-state index < -0.39 is 0 Å². The number of rotatable bonds is 1. The molecular formula is C15H17NO. The predicted octanol–water partition coefficient (Wildman–Crippen LogP) is 2.60. The van der Waals surface area contributed by atoms with Gasteiger partial charge in [0.1, 0.15) is 0 Å². The number of hydrogen-bond acceptors (Lipinski definition) is 1. The van der Waals surface area contributed by atoms with Crippen LogP contribution < -0.4 is 4.90 Å². The molecule has 1 fully saturated rings. The number of terminal acetylenes is 1. The smallest absolute Gasteiger partial charge is 0.228 e. The fourth-order valence-corrected chi connectivity index (χ4v) is 2.63. The Morgan fingerprint density at radius 3 is 2.35 bits per heavy atom. The Labute approximate surface area is 103 Å². The third-order valence-electron chi connectivity index (χ3n) is 3.27. The van der Waals surface area contributed by atoms with Gasteiger partial charge in [-0.05, 0) is 31.9 Å². The zero-order valence-corrected chi connectivity index (χ0v) is 10.6. The molecule has 0 aromatic heterocycles. The van der Waals surface area contributed by atoms with Crippen molar-refractivity contribution < 1.29 is 4.79 Å². The summed E-state index contributed by atoms with van der Waals surface area (Å²) in [7, 11) is 0. The SMILES string of the molecule is C#CC1CC(=O)N(c2c(C)cc(C)cc2C)C1. The van der Waals surface area contributed by atoms with Gasteiger partial charge in [-0.3, -0.25) is 4.79 Å². The van der Waals surface area contributed by atoms with Crippen LogP contribution in [0.1, 0.15) is 23.1 Å². The van der Waals surface area contributed by atoms with Crippen molar-refractivity contribution in [3.63, 3.8) is 0 Å². The van der Waals surface area contributed by atoms with E-state index in [0.29, 0.717) is 13.0 Å². The van der Waals surface area contributed by atoms with Gasteiger partial charge in [0.25, 0.3) is 0 Å². The second-order valence-corrected chi connectivity index (χ2v) is 4.82. The van der Waals surface area contributed by atoms with Crippen LogP contribution in [0.3, 0.4) is 0 Å². The van der Waals surface area contributed by atoms with Crippen LogP contribution in [0.15, 0.2) is 12.1 Å². The number of benzene rings is 1. The van der Waals surface area contributed by atoms with Crippen LogP contribution in [0.25, 0.3) is 0 Å². The monoisotopic (exact) mass is 227 g/mol. The van der Waals surface area contributed by atoms with E-state index in [-0.39, 0.29) is 11.8 Å². The largest absolute Gasteiger partial charge is 0.311 e. The Morgan fingerprint density at radius 1 is 1.29 bits per heavy atom. The second kappa shape index (κ2) is 4.25. The number of hydrogen-bond donors (Lipinski definition) is 0. The molecular weight excluding hydrogens is 210 g/mol. The first kappa shape index (κ1) is 11.7. The Bertz CT molecular complexity index is 487. The molecule has 1 aromatic carbocycles. The number of aryl methyl sites for hydroxylation is 3. The summed E-state index contributed by atoms with van der Waals surface area (Å²) in [6.07, 6.45) is 5.88. The third-order valence-corrected chi connectivity index (χ3v) is 3.27. The quantitative estimate of drug-likeness (QED) is 0.675. The molecule has 1 amide bonds. The first-order valence-corrected chi connectivity index (χ1v) is 5.87. The van der Waals surface area contributed by atoms with Gasteiger partial charge in [0, 0.05) is 24.6 Å². The highest BCUT2D eigenvalue weighted by molar-refractivity contribution is 5.97. The minimum atomic E-state index is 0.0580. The normalized spacial score (nSPS) is 19.5. The van der Waals surface area contributed by atoms with E-state index in [1.807, 2.05) is 18.7 Å². The van der Waals surface area contributed by atoms with Gasteiger partial charge in [0.2, 0.25) is 5.91 Å². The van der Waals surface area contributed by atoms with E-state index in [1.165, 1.54) is 5.56 Å². The van der Waals surface area contributed by atoms with E-state index in [4.69, 9.17) is 6.42 Å². The lowest BCUT2D eigenvalue weighted by atomic mass is 10.0. The van der Waals surface area contributed by atoms with Crippen LogP contribution in [0.5, 0.6) is 0 Å². The third kappa shape index (κ3) is 2.06. The van der Waals surface area contributed by atoms with Crippen LogP contribution in [-0.4, -0.2) is 12.5 Å². The molecule has 1 aliphatic rings. The summed E-state index contributed by atoms with van der Waals surface area (Å²) in [5.41, 5.74) is 4.56. The van der Waals surface area contributed by atoms with Gasteiger partial charge < -0.3 is 4.90 Å². The Morgan fingerprint density at radius 2 is 1.88 bits per heavy atom. The fourth-order valence-electron chi connectivity index (χ4n) is 2.63. The average molecular weight is 227 g/mol. The molecule has 1 atom stereocenters. The topological polar surface area (TPSA) is 20.3 Å². The van der Waals surface area contributed by atoms with Crippen LogP contribution in [0, 0.1) is 39.0 Å². The lowest BCUT2D eigenvalue weighted by molar-refractivity contribution is -0.117. The summed E-state index contributed by atoms with van der Waals surface area (Å²) in [5, 5.41) is 0. The summed E-state index contributed by atoms with van der Waals surface area (Å²) in [5.74, 6) is 2.88. The van der Waals surface area contributed by atoms with E-state index in [0.717, 1.165) is 16.8 Å². The molecule has 2 heteroatoms. The molecule has 0 bridgehead atoms.